The standard InChI is InChI=1S/C28H43IOS/c1-9-12-23(29)25-21-18-28(8,16-11-15-20(4)14-10-13-19(2)3)31-24(21)17-22(26(25)30)27(5,6)7/h13,15,17,23,30H,9-12,14,16,18H2,1-8H3/b20-15+. The van der Waals surface area contributed by atoms with Crippen LogP contribution in [-0.4, -0.2) is 9.85 Å². The van der Waals surface area contributed by atoms with Crippen molar-refractivity contribution in [1.29, 1.82) is 0 Å². The Hall–Kier alpha value is -0.420. The Labute approximate surface area is 209 Å². The summed E-state index contributed by atoms with van der Waals surface area (Å²) in [6, 6.07) is 2.29. The van der Waals surface area contributed by atoms with Gasteiger partial charge >= 0.3 is 0 Å². The van der Waals surface area contributed by atoms with Gasteiger partial charge in [-0.2, -0.15) is 0 Å². The van der Waals surface area contributed by atoms with Crippen LogP contribution in [0.15, 0.2) is 34.3 Å². The van der Waals surface area contributed by atoms with E-state index >= 15 is 0 Å². The van der Waals surface area contributed by atoms with Crippen LogP contribution in [0.5, 0.6) is 5.75 Å². The number of hydrogen-bond donors (Lipinski definition) is 1. The number of thioether (sulfide) groups is 1. The molecule has 0 aliphatic carbocycles. The molecule has 1 N–H and O–H groups in total. The Morgan fingerprint density at radius 3 is 2.48 bits per heavy atom. The molecule has 1 heterocycles. The predicted molar refractivity (Wildman–Crippen MR) is 148 cm³/mol. The summed E-state index contributed by atoms with van der Waals surface area (Å²) in [5.41, 5.74) is 6.59. The number of hydrogen-bond acceptors (Lipinski definition) is 2. The fraction of sp³-hybridized carbons (Fsp3) is 0.643. The lowest BCUT2D eigenvalue weighted by atomic mass is 9.82. The molecule has 0 aromatic heterocycles. The second-order valence-corrected chi connectivity index (χ2v) is 13.9. The molecule has 0 fully saturated rings. The van der Waals surface area contributed by atoms with Crippen molar-refractivity contribution in [3.05, 3.63) is 46.1 Å². The summed E-state index contributed by atoms with van der Waals surface area (Å²) in [6.45, 7) is 17.9. The predicted octanol–water partition coefficient (Wildman–Crippen LogP) is 9.85. The molecule has 2 atom stereocenters. The summed E-state index contributed by atoms with van der Waals surface area (Å²) < 4.78 is 0.582. The maximum atomic E-state index is 11.3. The van der Waals surface area contributed by atoms with Crippen molar-refractivity contribution in [2.24, 2.45) is 0 Å². The van der Waals surface area contributed by atoms with Gasteiger partial charge in [-0.3, -0.25) is 0 Å². The third kappa shape index (κ3) is 7.28. The van der Waals surface area contributed by atoms with Gasteiger partial charge in [-0.1, -0.05) is 80.0 Å². The van der Waals surface area contributed by atoms with E-state index in [0.29, 0.717) is 9.67 Å². The average Bonchev–Trinajstić information content (AvgIpc) is 2.96. The van der Waals surface area contributed by atoms with Gasteiger partial charge in [0.25, 0.3) is 0 Å². The Balaban J connectivity index is 2.23. The fourth-order valence-electron chi connectivity index (χ4n) is 4.42. The van der Waals surface area contributed by atoms with Gasteiger partial charge < -0.3 is 5.11 Å². The van der Waals surface area contributed by atoms with E-state index in [1.165, 1.54) is 33.6 Å². The van der Waals surface area contributed by atoms with Crippen molar-refractivity contribution in [3.8, 4) is 5.75 Å². The molecule has 0 amide bonds. The quantitative estimate of drug-likeness (QED) is 0.186. The molecular weight excluding hydrogens is 511 g/mol. The fourth-order valence-corrected chi connectivity index (χ4v) is 7.16. The van der Waals surface area contributed by atoms with Gasteiger partial charge in [-0.25, -0.2) is 0 Å². The number of halogens is 1. The van der Waals surface area contributed by atoms with Gasteiger partial charge in [0, 0.05) is 24.7 Å². The zero-order valence-electron chi connectivity index (χ0n) is 21.0. The first-order chi connectivity index (χ1) is 14.4. The topological polar surface area (TPSA) is 20.2 Å². The number of phenols is 1. The molecule has 0 bridgehead atoms. The summed E-state index contributed by atoms with van der Waals surface area (Å²) in [5.74, 6) is 0.555. The van der Waals surface area contributed by atoms with E-state index in [2.05, 4.69) is 96.2 Å². The van der Waals surface area contributed by atoms with Crippen LogP contribution < -0.4 is 0 Å². The minimum atomic E-state index is -0.0544. The monoisotopic (exact) mass is 554 g/mol. The molecule has 1 aliphatic rings. The first kappa shape index (κ1) is 26.8. The number of allylic oxidation sites excluding steroid dienone is 4. The van der Waals surface area contributed by atoms with Gasteiger partial charge in [-0.05, 0) is 83.3 Å². The first-order valence-corrected chi connectivity index (χ1v) is 14.0. The molecule has 174 valence electrons. The van der Waals surface area contributed by atoms with E-state index in [0.717, 1.165) is 44.1 Å². The lowest BCUT2D eigenvalue weighted by molar-refractivity contribution is 0.436. The van der Waals surface area contributed by atoms with E-state index < -0.39 is 0 Å². The van der Waals surface area contributed by atoms with Crippen molar-refractivity contribution in [2.75, 3.05) is 0 Å². The van der Waals surface area contributed by atoms with Crippen molar-refractivity contribution < 1.29 is 5.11 Å². The van der Waals surface area contributed by atoms with Crippen LogP contribution in [0.2, 0.25) is 0 Å². The molecule has 0 saturated heterocycles. The van der Waals surface area contributed by atoms with Crippen molar-refractivity contribution in [3.63, 3.8) is 0 Å². The molecule has 1 aromatic carbocycles. The third-order valence-electron chi connectivity index (χ3n) is 6.24. The largest absolute Gasteiger partial charge is 0.507 e. The summed E-state index contributed by atoms with van der Waals surface area (Å²) in [4.78, 5) is 1.40. The summed E-state index contributed by atoms with van der Waals surface area (Å²) in [5, 5.41) is 11.3. The summed E-state index contributed by atoms with van der Waals surface area (Å²) in [7, 11) is 0. The summed E-state index contributed by atoms with van der Waals surface area (Å²) >= 11 is 4.60. The third-order valence-corrected chi connectivity index (χ3v) is 8.91. The molecule has 31 heavy (non-hydrogen) atoms. The second kappa shape index (κ2) is 11.1. The minimum absolute atomic E-state index is 0.0544. The molecule has 1 aromatic rings. The van der Waals surface area contributed by atoms with E-state index in [-0.39, 0.29) is 10.2 Å². The normalized spacial score (nSPS) is 20.0. The SMILES string of the molecule is CCCC(I)c1c(O)c(C(C)(C)C)cc2c1CC(C)(CC/C=C(\C)CCC=C(C)C)S2. The van der Waals surface area contributed by atoms with Crippen LogP contribution in [0.25, 0.3) is 0 Å². The van der Waals surface area contributed by atoms with Gasteiger partial charge in [0.05, 0.1) is 0 Å². The van der Waals surface area contributed by atoms with E-state index in [4.69, 9.17) is 0 Å². The number of phenolic OH excluding ortho intramolecular Hbond substituents is 1. The highest BCUT2D eigenvalue weighted by Crippen LogP contribution is 2.55. The molecule has 1 aliphatic heterocycles. The van der Waals surface area contributed by atoms with Gasteiger partial charge in [-0.15, -0.1) is 11.8 Å². The molecule has 2 rings (SSSR count). The van der Waals surface area contributed by atoms with Crippen LogP contribution in [0.1, 0.15) is 115 Å². The number of fused-ring (bicyclic) bond motifs is 1. The highest BCUT2D eigenvalue weighted by atomic mass is 127. The van der Waals surface area contributed by atoms with Crippen LogP contribution in [-0.2, 0) is 11.8 Å². The molecule has 1 nitrogen and oxygen atoms in total. The lowest BCUT2D eigenvalue weighted by Crippen LogP contribution is -2.19. The van der Waals surface area contributed by atoms with Crippen LogP contribution in [0, 0.1) is 0 Å². The molecule has 0 spiro atoms. The smallest absolute Gasteiger partial charge is 0.123 e. The molecule has 0 saturated carbocycles. The van der Waals surface area contributed by atoms with Crippen LogP contribution >= 0.6 is 34.4 Å². The van der Waals surface area contributed by atoms with Crippen LogP contribution in [0.3, 0.4) is 0 Å². The molecule has 3 heteroatoms. The van der Waals surface area contributed by atoms with Gasteiger partial charge in [0.15, 0.2) is 0 Å². The number of aromatic hydroxyl groups is 1. The minimum Gasteiger partial charge on any atom is -0.507 e. The van der Waals surface area contributed by atoms with Crippen molar-refractivity contribution >= 4 is 34.4 Å². The first-order valence-electron chi connectivity index (χ1n) is 11.9. The lowest BCUT2D eigenvalue weighted by Gasteiger charge is -2.26. The Morgan fingerprint density at radius 1 is 1.23 bits per heavy atom. The van der Waals surface area contributed by atoms with E-state index in [1.807, 2.05) is 11.8 Å². The van der Waals surface area contributed by atoms with E-state index in [9.17, 15) is 5.11 Å². The Bertz CT molecular complexity index is 826. The Morgan fingerprint density at radius 2 is 1.90 bits per heavy atom. The Kier molecular flexibility index (Phi) is 9.64. The summed E-state index contributed by atoms with van der Waals surface area (Å²) in [6.07, 6.45) is 12.7. The van der Waals surface area contributed by atoms with E-state index in [1.54, 1.807) is 0 Å². The average molecular weight is 555 g/mol. The van der Waals surface area contributed by atoms with Crippen molar-refractivity contribution in [2.45, 2.75) is 119 Å². The molecular formula is C28H43IOS. The maximum Gasteiger partial charge on any atom is 0.123 e. The number of rotatable bonds is 9. The van der Waals surface area contributed by atoms with Crippen LogP contribution in [0.4, 0.5) is 0 Å². The zero-order chi connectivity index (χ0) is 23.4. The second-order valence-electron chi connectivity index (χ2n) is 10.8. The van der Waals surface area contributed by atoms with Gasteiger partial charge in [0.1, 0.15) is 5.75 Å². The molecule has 0 radical (unpaired) electrons. The number of benzene rings is 1. The maximum absolute atomic E-state index is 11.3. The zero-order valence-corrected chi connectivity index (χ0v) is 24.0. The van der Waals surface area contributed by atoms with Gasteiger partial charge in [0.2, 0.25) is 0 Å². The highest BCUT2D eigenvalue weighted by molar-refractivity contribution is 14.1. The van der Waals surface area contributed by atoms with Crippen molar-refractivity contribution in [1.82, 2.24) is 0 Å². The number of alkyl halides is 1. The molecule has 2 unspecified atom stereocenters. The highest BCUT2D eigenvalue weighted by Gasteiger charge is 2.38.